The summed E-state index contributed by atoms with van der Waals surface area (Å²) in [6.45, 7) is 0.512. The summed E-state index contributed by atoms with van der Waals surface area (Å²) in [5.41, 5.74) is 4.19. The SMILES string of the molecule is O=C(/C=C/c1ccc(Cc2cnc[nH]2)cc1)NCCc1ccc(F)cc1. The first-order valence-corrected chi connectivity index (χ1v) is 8.45. The minimum atomic E-state index is -0.253. The molecule has 0 bridgehead atoms. The van der Waals surface area contributed by atoms with Crippen molar-refractivity contribution in [2.24, 2.45) is 0 Å². The molecular formula is C21H20FN3O. The molecule has 3 aromatic rings. The molecule has 0 fully saturated rings. The number of aromatic amines is 1. The number of nitrogens with one attached hydrogen (secondary N) is 2. The molecule has 0 aliphatic rings. The lowest BCUT2D eigenvalue weighted by atomic mass is 10.1. The number of hydrogen-bond acceptors (Lipinski definition) is 2. The quantitative estimate of drug-likeness (QED) is 0.641. The number of imidazole rings is 1. The van der Waals surface area contributed by atoms with Crippen LogP contribution in [0.15, 0.2) is 67.1 Å². The molecule has 0 aliphatic carbocycles. The van der Waals surface area contributed by atoms with Crippen molar-refractivity contribution in [2.75, 3.05) is 6.54 Å². The van der Waals surface area contributed by atoms with E-state index in [-0.39, 0.29) is 11.7 Å². The van der Waals surface area contributed by atoms with E-state index in [1.807, 2.05) is 30.5 Å². The Bertz CT molecular complexity index is 853. The third kappa shape index (κ3) is 5.41. The Morgan fingerprint density at radius 1 is 1.08 bits per heavy atom. The zero-order chi connectivity index (χ0) is 18.2. The van der Waals surface area contributed by atoms with Crippen LogP contribution in [0, 0.1) is 5.82 Å². The predicted molar refractivity (Wildman–Crippen MR) is 100.0 cm³/mol. The van der Waals surface area contributed by atoms with E-state index in [0.29, 0.717) is 13.0 Å². The van der Waals surface area contributed by atoms with Crippen LogP contribution in [0.2, 0.25) is 0 Å². The highest BCUT2D eigenvalue weighted by Crippen LogP contribution is 2.10. The van der Waals surface area contributed by atoms with Crippen molar-refractivity contribution in [1.82, 2.24) is 15.3 Å². The van der Waals surface area contributed by atoms with Crippen LogP contribution in [0.1, 0.15) is 22.4 Å². The van der Waals surface area contributed by atoms with Crippen LogP contribution in [0.4, 0.5) is 4.39 Å². The number of amides is 1. The van der Waals surface area contributed by atoms with Crippen molar-refractivity contribution in [2.45, 2.75) is 12.8 Å². The lowest BCUT2D eigenvalue weighted by Gasteiger charge is -2.03. The molecule has 4 nitrogen and oxygen atoms in total. The maximum Gasteiger partial charge on any atom is 0.244 e. The maximum atomic E-state index is 12.8. The van der Waals surface area contributed by atoms with Crippen molar-refractivity contribution in [3.8, 4) is 0 Å². The van der Waals surface area contributed by atoms with Crippen LogP contribution in [-0.2, 0) is 17.6 Å². The van der Waals surface area contributed by atoms with Crippen LogP contribution in [-0.4, -0.2) is 22.4 Å². The molecule has 0 spiro atoms. The van der Waals surface area contributed by atoms with E-state index in [1.54, 1.807) is 24.5 Å². The number of nitrogens with zero attached hydrogens (tertiary/aromatic N) is 1. The summed E-state index contributed by atoms with van der Waals surface area (Å²) in [6.07, 6.45) is 8.25. The molecule has 5 heteroatoms. The highest BCUT2D eigenvalue weighted by atomic mass is 19.1. The Morgan fingerprint density at radius 2 is 1.81 bits per heavy atom. The van der Waals surface area contributed by atoms with Crippen LogP contribution in [0.5, 0.6) is 0 Å². The highest BCUT2D eigenvalue weighted by Gasteiger charge is 1.99. The molecule has 2 N–H and O–H groups in total. The molecular weight excluding hydrogens is 329 g/mol. The monoisotopic (exact) mass is 349 g/mol. The number of aromatic nitrogens is 2. The molecule has 26 heavy (non-hydrogen) atoms. The molecule has 0 atom stereocenters. The molecule has 1 heterocycles. The van der Waals surface area contributed by atoms with E-state index >= 15 is 0 Å². The van der Waals surface area contributed by atoms with Gasteiger partial charge in [0.2, 0.25) is 5.91 Å². The Kier molecular flexibility index (Phi) is 5.93. The summed E-state index contributed by atoms with van der Waals surface area (Å²) in [5, 5.41) is 2.83. The molecule has 0 radical (unpaired) electrons. The normalized spacial score (nSPS) is 11.0. The number of carbonyl (C=O) groups excluding carboxylic acids is 1. The molecule has 0 saturated heterocycles. The average Bonchev–Trinajstić information content (AvgIpc) is 3.16. The first kappa shape index (κ1) is 17.6. The van der Waals surface area contributed by atoms with Gasteiger partial charge >= 0.3 is 0 Å². The van der Waals surface area contributed by atoms with Gasteiger partial charge in [0.25, 0.3) is 0 Å². The molecule has 0 unspecified atom stereocenters. The lowest BCUT2D eigenvalue weighted by Crippen LogP contribution is -2.23. The topological polar surface area (TPSA) is 57.8 Å². The van der Waals surface area contributed by atoms with E-state index in [2.05, 4.69) is 15.3 Å². The minimum absolute atomic E-state index is 0.145. The summed E-state index contributed by atoms with van der Waals surface area (Å²) in [6, 6.07) is 14.3. The van der Waals surface area contributed by atoms with Gasteiger partial charge in [0, 0.05) is 30.9 Å². The van der Waals surface area contributed by atoms with Crippen molar-refractivity contribution in [3.63, 3.8) is 0 Å². The fraction of sp³-hybridized carbons (Fsp3) is 0.143. The fourth-order valence-corrected chi connectivity index (χ4v) is 2.56. The van der Waals surface area contributed by atoms with Gasteiger partial charge in [-0.25, -0.2) is 9.37 Å². The summed E-state index contributed by atoms with van der Waals surface area (Å²) in [7, 11) is 0. The summed E-state index contributed by atoms with van der Waals surface area (Å²) in [4.78, 5) is 19.0. The van der Waals surface area contributed by atoms with E-state index in [0.717, 1.165) is 23.2 Å². The van der Waals surface area contributed by atoms with Gasteiger partial charge in [0.05, 0.1) is 6.33 Å². The van der Waals surface area contributed by atoms with E-state index in [1.165, 1.54) is 23.8 Å². The minimum Gasteiger partial charge on any atom is -0.352 e. The van der Waals surface area contributed by atoms with E-state index < -0.39 is 0 Å². The summed E-state index contributed by atoms with van der Waals surface area (Å²) < 4.78 is 12.8. The standard InChI is InChI=1S/C21H20FN3O/c22-19-8-5-17(6-9-19)11-12-24-21(26)10-7-16-1-3-18(4-2-16)13-20-14-23-15-25-20/h1-10,14-15H,11-13H2,(H,23,25)(H,24,26)/b10-7+. The third-order valence-corrected chi connectivity index (χ3v) is 3.98. The first-order valence-electron chi connectivity index (χ1n) is 8.45. The van der Waals surface area contributed by atoms with Gasteiger partial charge < -0.3 is 10.3 Å². The summed E-state index contributed by atoms with van der Waals surface area (Å²) in [5.74, 6) is -0.398. The Hall–Kier alpha value is -3.21. The second kappa shape index (κ2) is 8.76. The number of halogens is 1. The number of carbonyl (C=O) groups is 1. The Balaban J connectivity index is 1.44. The number of H-pyrrole nitrogens is 1. The molecule has 1 aromatic heterocycles. The lowest BCUT2D eigenvalue weighted by molar-refractivity contribution is -0.116. The van der Waals surface area contributed by atoms with Crippen molar-refractivity contribution in [1.29, 1.82) is 0 Å². The zero-order valence-corrected chi connectivity index (χ0v) is 14.3. The number of rotatable bonds is 7. The first-order chi connectivity index (χ1) is 12.7. The van der Waals surface area contributed by atoms with Crippen LogP contribution in [0.3, 0.4) is 0 Å². The van der Waals surface area contributed by atoms with Gasteiger partial charge in [-0.1, -0.05) is 36.4 Å². The number of hydrogen-bond donors (Lipinski definition) is 2. The van der Waals surface area contributed by atoms with Gasteiger partial charge in [0.15, 0.2) is 0 Å². The fourth-order valence-electron chi connectivity index (χ4n) is 2.56. The second-order valence-electron chi connectivity index (χ2n) is 6.00. The molecule has 0 saturated carbocycles. The molecule has 0 aliphatic heterocycles. The second-order valence-corrected chi connectivity index (χ2v) is 6.00. The third-order valence-electron chi connectivity index (χ3n) is 3.98. The molecule has 132 valence electrons. The predicted octanol–water partition coefficient (Wildman–Crippen LogP) is 3.51. The van der Waals surface area contributed by atoms with Gasteiger partial charge in [-0.2, -0.15) is 0 Å². The van der Waals surface area contributed by atoms with E-state index in [4.69, 9.17) is 0 Å². The van der Waals surface area contributed by atoms with E-state index in [9.17, 15) is 9.18 Å². The van der Waals surface area contributed by atoms with Crippen LogP contribution in [0.25, 0.3) is 6.08 Å². The Morgan fingerprint density at radius 3 is 2.50 bits per heavy atom. The van der Waals surface area contributed by atoms with Gasteiger partial charge in [-0.15, -0.1) is 0 Å². The molecule has 1 amide bonds. The highest BCUT2D eigenvalue weighted by molar-refractivity contribution is 5.91. The smallest absolute Gasteiger partial charge is 0.244 e. The number of benzene rings is 2. The molecule has 2 aromatic carbocycles. The van der Waals surface area contributed by atoms with Gasteiger partial charge in [-0.3, -0.25) is 4.79 Å². The van der Waals surface area contributed by atoms with Crippen LogP contribution < -0.4 is 5.32 Å². The van der Waals surface area contributed by atoms with Crippen LogP contribution >= 0.6 is 0 Å². The van der Waals surface area contributed by atoms with Gasteiger partial charge in [0.1, 0.15) is 5.82 Å². The van der Waals surface area contributed by atoms with Crippen molar-refractivity contribution >= 4 is 12.0 Å². The maximum absolute atomic E-state index is 12.8. The Labute approximate surface area is 151 Å². The summed E-state index contributed by atoms with van der Waals surface area (Å²) >= 11 is 0. The van der Waals surface area contributed by atoms with Crippen molar-refractivity contribution in [3.05, 3.63) is 95.3 Å². The average molecular weight is 349 g/mol. The largest absolute Gasteiger partial charge is 0.352 e. The zero-order valence-electron chi connectivity index (χ0n) is 14.3. The van der Waals surface area contributed by atoms with Gasteiger partial charge in [-0.05, 0) is 41.3 Å². The van der Waals surface area contributed by atoms with Crippen molar-refractivity contribution < 1.29 is 9.18 Å². The molecule has 3 rings (SSSR count).